The molecule has 0 radical (unpaired) electrons. The van der Waals surface area contributed by atoms with Crippen LogP contribution in [0.15, 0.2) is 41.0 Å². The molecular weight excluding hydrogens is 658 g/mol. The number of carboxylic acid groups (broad SMARTS) is 1. The van der Waals surface area contributed by atoms with E-state index in [1.165, 1.54) is 14.2 Å². The summed E-state index contributed by atoms with van der Waals surface area (Å²) in [5, 5.41) is 11.3. The SMILES string of the molecule is COC(=O)/C(C)=C\C[C@@]12OC(C)(C)[C@@H]3C[C@H](C=C4C(=O)c5c(OC)c6c(c(CC=C(C)C)c5O[C@]431)O[C@](C)(CCC(=O)NCC(=O)O)C=C6)C2=O. The normalized spacial score (nSPS) is 29.1. The number of allylic oxidation sites excluding steroid dienone is 3. The Morgan fingerprint density at radius 3 is 2.43 bits per heavy atom. The summed E-state index contributed by atoms with van der Waals surface area (Å²) in [6.07, 6.45) is 9.91. The number of hydrogen-bond acceptors (Lipinski definition) is 10. The first-order valence-electron chi connectivity index (χ1n) is 17.2. The fourth-order valence-corrected chi connectivity index (χ4v) is 8.50. The topological polar surface area (TPSA) is 164 Å². The van der Waals surface area contributed by atoms with Gasteiger partial charge >= 0.3 is 11.9 Å². The second-order valence-corrected chi connectivity index (χ2v) is 15.0. The lowest BCUT2D eigenvalue weighted by Gasteiger charge is -2.56. The number of rotatable bonds is 11. The Morgan fingerprint density at radius 1 is 1.06 bits per heavy atom. The summed E-state index contributed by atoms with van der Waals surface area (Å²) in [6.45, 7) is 10.7. The lowest BCUT2D eigenvalue weighted by molar-refractivity contribution is -0.171. The standard InChI is InChI=1S/C39H45NO11/c1-20(2)9-10-23-31-24(12-14-37(6,49-31)15-13-27(41)40-19-28(42)43)32(47-7)29-30(44)25-17-22-18-26-36(4,5)51-38(34(22)45,39(25,26)50-33(23)29)16-11-21(3)35(46)48-8/h9,11-12,14,17,22,26H,10,13,15-16,18-19H2,1-8H3,(H,40,41)(H,42,43)/b21-11-/t22-,26-,37-,38-,39+/m0/s1. The number of ether oxygens (including phenoxy) is 5. The van der Waals surface area contributed by atoms with E-state index in [9.17, 15) is 19.2 Å². The van der Waals surface area contributed by atoms with Crippen LogP contribution in [0, 0.1) is 11.8 Å². The largest absolute Gasteiger partial charge is 0.495 e. The molecule has 1 aromatic carbocycles. The Bertz CT molecular complexity index is 1880. The predicted molar refractivity (Wildman–Crippen MR) is 185 cm³/mol. The van der Waals surface area contributed by atoms with Gasteiger partial charge < -0.3 is 34.1 Å². The molecule has 1 amide bonds. The average molecular weight is 704 g/mol. The van der Waals surface area contributed by atoms with E-state index in [0.717, 1.165) is 5.57 Å². The minimum Gasteiger partial charge on any atom is -0.495 e. The van der Waals surface area contributed by atoms with Gasteiger partial charge in [-0.05, 0) is 73.0 Å². The van der Waals surface area contributed by atoms with Gasteiger partial charge in [-0.3, -0.25) is 19.2 Å². The van der Waals surface area contributed by atoms with Gasteiger partial charge in [0.15, 0.2) is 22.8 Å². The van der Waals surface area contributed by atoms with Crippen LogP contribution in [0.5, 0.6) is 17.2 Å². The van der Waals surface area contributed by atoms with Gasteiger partial charge in [-0.25, -0.2) is 4.79 Å². The van der Waals surface area contributed by atoms with Crippen LogP contribution >= 0.6 is 0 Å². The van der Waals surface area contributed by atoms with E-state index >= 15 is 4.79 Å². The first-order valence-corrected chi connectivity index (χ1v) is 17.2. The molecule has 3 aliphatic heterocycles. The van der Waals surface area contributed by atoms with E-state index in [4.69, 9.17) is 28.8 Å². The second-order valence-electron chi connectivity index (χ2n) is 15.0. The maximum atomic E-state index is 15.0. The molecule has 1 saturated heterocycles. The van der Waals surface area contributed by atoms with Crippen molar-refractivity contribution >= 4 is 35.5 Å². The molecule has 7 rings (SSSR count). The van der Waals surface area contributed by atoms with E-state index in [2.05, 4.69) is 5.32 Å². The van der Waals surface area contributed by atoms with Crippen molar-refractivity contribution in [2.75, 3.05) is 20.8 Å². The average Bonchev–Trinajstić information content (AvgIpc) is 3.23. The summed E-state index contributed by atoms with van der Waals surface area (Å²) in [5.41, 5.74) is -2.02. The monoisotopic (exact) mass is 703 g/mol. The van der Waals surface area contributed by atoms with Crippen molar-refractivity contribution in [3.63, 3.8) is 0 Å². The van der Waals surface area contributed by atoms with Crippen molar-refractivity contribution in [3.05, 3.63) is 57.7 Å². The van der Waals surface area contributed by atoms with Crippen LogP contribution in [0.4, 0.5) is 0 Å². The molecule has 2 fully saturated rings. The Kier molecular flexibility index (Phi) is 8.85. The maximum absolute atomic E-state index is 15.0. The van der Waals surface area contributed by atoms with Gasteiger partial charge in [0.25, 0.3) is 0 Å². The fourth-order valence-electron chi connectivity index (χ4n) is 8.50. The molecule has 272 valence electrons. The minimum atomic E-state index is -1.62. The Labute approximate surface area is 296 Å². The van der Waals surface area contributed by atoms with Crippen molar-refractivity contribution in [2.45, 2.75) is 96.1 Å². The Morgan fingerprint density at radius 2 is 1.78 bits per heavy atom. The van der Waals surface area contributed by atoms with E-state index in [1.54, 1.807) is 25.2 Å². The minimum absolute atomic E-state index is 0.000503. The van der Waals surface area contributed by atoms with Crippen molar-refractivity contribution in [1.82, 2.24) is 5.32 Å². The molecule has 0 unspecified atom stereocenters. The van der Waals surface area contributed by atoms with Gasteiger partial charge in [0, 0.05) is 41.4 Å². The Hall–Kier alpha value is -4.71. The van der Waals surface area contributed by atoms with Crippen LogP contribution in [0.3, 0.4) is 0 Å². The number of esters is 1. The number of ketones is 2. The fraction of sp³-hybridized carbons (Fsp3) is 0.513. The molecule has 1 aromatic rings. The quantitative estimate of drug-likeness (QED) is 0.184. The number of hydrogen-bond donors (Lipinski definition) is 2. The van der Waals surface area contributed by atoms with E-state index in [1.807, 2.05) is 46.8 Å². The van der Waals surface area contributed by atoms with Crippen LogP contribution in [0.2, 0.25) is 0 Å². The molecule has 4 bridgehead atoms. The van der Waals surface area contributed by atoms with Crippen molar-refractivity contribution < 1.29 is 52.8 Å². The van der Waals surface area contributed by atoms with Gasteiger partial charge in [-0.15, -0.1) is 0 Å². The molecule has 5 atom stereocenters. The molecule has 6 aliphatic rings. The predicted octanol–water partition coefficient (Wildman–Crippen LogP) is 4.87. The number of carboxylic acids is 1. The molecule has 51 heavy (non-hydrogen) atoms. The third kappa shape index (κ3) is 5.49. The summed E-state index contributed by atoms with van der Waals surface area (Å²) in [5.74, 6) is -2.72. The highest BCUT2D eigenvalue weighted by Crippen LogP contribution is 2.68. The molecule has 1 saturated carbocycles. The second kappa shape index (κ2) is 12.5. The van der Waals surface area contributed by atoms with Crippen molar-refractivity contribution in [3.8, 4) is 17.2 Å². The number of aliphatic carboxylic acids is 1. The van der Waals surface area contributed by atoms with Gasteiger partial charge in [-0.1, -0.05) is 23.8 Å². The lowest BCUT2D eigenvalue weighted by atomic mass is 9.51. The van der Waals surface area contributed by atoms with E-state index < -0.39 is 58.6 Å². The van der Waals surface area contributed by atoms with Crippen LogP contribution in [-0.4, -0.2) is 77.7 Å². The van der Waals surface area contributed by atoms with Gasteiger partial charge in [-0.2, -0.15) is 0 Å². The summed E-state index contributed by atoms with van der Waals surface area (Å²) in [6, 6.07) is 0. The zero-order valence-electron chi connectivity index (χ0n) is 30.3. The third-order valence-electron chi connectivity index (χ3n) is 10.9. The number of methoxy groups -OCH3 is 2. The van der Waals surface area contributed by atoms with Crippen LogP contribution in [0.1, 0.15) is 88.7 Å². The number of nitrogens with one attached hydrogen (secondary N) is 1. The number of Topliss-reactive ketones (excluding diaryl/α,β-unsaturated/α-hetero) is 2. The highest BCUT2D eigenvalue weighted by molar-refractivity contribution is 6.19. The highest BCUT2D eigenvalue weighted by Gasteiger charge is 2.81. The maximum Gasteiger partial charge on any atom is 0.333 e. The number of fused-ring (bicyclic) bond motifs is 2. The Balaban J connectivity index is 1.54. The summed E-state index contributed by atoms with van der Waals surface area (Å²) in [7, 11) is 2.76. The van der Waals surface area contributed by atoms with E-state index in [-0.39, 0.29) is 47.9 Å². The van der Waals surface area contributed by atoms with Gasteiger partial charge in [0.2, 0.25) is 5.91 Å². The van der Waals surface area contributed by atoms with Gasteiger partial charge in [0.1, 0.15) is 35.0 Å². The zero-order valence-corrected chi connectivity index (χ0v) is 30.3. The smallest absolute Gasteiger partial charge is 0.333 e. The molecule has 0 aromatic heterocycles. The molecular formula is C39H45NO11. The van der Waals surface area contributed by atoms with Crippen LogP contribution in [-0.2, 0) is 35.1 Å². The molecule has 12 nitrogen and oxygen atoms in total. The van der Waals surface area contributed by atoms with Gasteiger partial charge in [0.05, 0.1) is 25.4 Å². The number of carbonyl (C=O) groups is 5. The number of benzene rings is 1. The molecule has 1 spiro atoms. The van der Waals surface area contributed by atoms with Crippen LogP contribution < -0.4 is 19.5 Å². The molecule has 3 aliphatic carbocycles. The lowest BCUT2D eigenvalue weighted by Crippen LogP contribution is -2.72. The number of amides is 1. The van der Waals surface area contributed by atoms with E-state index in [0.29, 0.717) is 40.9 Å². The zero-order chi connectivity index (χ0) is 37.3. The first kappa shape index (κ1) is 36.1. The molecule has 12 heteroatoms. The van der Waals surface area contributed by atoms with Crippen molar-refractivity contribution in [1.29, 1.82) is 0 Å². The third-order valence-corrected chi connectivity index (χ3v) is 10.9. The summed E-state index contributed by atoms with van der Waals surface area (Å²) >= 11 is 0. The number of carbonyl (C=O) groups excluding carboxylic acids is 4. The summed E-state index contributed by atoms with van der Waals surface area (Å²) in [4.78, 5) is 65.4. The summed E-state index contributed by atoms with van der Waals surface area (Å²) < 4.78 is 31.7. The van der Waals surface area contributed by atoms with Crippen LogP contribution in [0.25, 0.3) is 6.08 Å². The molecule has 2 N–H and O–H groups in total. The van der Waals surface area contributed by atoms with Crippen molar-refractivity contribution in [2.24, 2.45) is 11.8 Å². The first-order chi connectivity index (χ1) is 23.9. The molecule has 3 heterocycles. The highest BCUT2D eigenvalue weighted by atomic mass is 16.6.